The Morgan fingerprint density at radius 3 is 2.51 bits per heavy atom. The summed E-state index contributed by atoms with van der Waals surface area (Å²) < 4.78 is 34.4. The molecule has 1 saturated carbocycles. The number of fused-ring (bicyclic) bond motifs is 1. The average Bonchev–Trinajstić information content (AvgIpc) is 3.59. The van der Waals surface area contributed by atoms with Crippen LogP contribution in [0.2, 0.25) is 5.02 Å². The van der Waals surface area contributed by atoms with Crippen molar-refractivity contribution in [3.05, 3.63) is 52.7 Å². The third-order valence-corrected chi connectivity index (χ3v) is 8.39. The standard InChI is InChI=1S/C25H29ClN4O4S/c1-15-17(14-34-15)10-11-29(35(3,32)33)23-13-22-21(12-20(23)16-4-5-16)24(25(31)27-2)30(28-22)19-8-6-18(26)7-9-19/h6-9,12-13,15-17H,4-5,10-11,14H2,1-3H3,(H,27,31)/t15-,17?/m0/s1. The summed E-state index contributed by atoms with van der Waals surface area (Å²) in [6, 6.07) is 10.9. The van der Waals surface area contributed by atoms with E-state index in [1.807, 2.05) is 19.1 Å². The van der Waals surface area contributed by atoms with Crippen molar-refractivity contribution in [2.24, 2.45) is 5.92 Å². The van der Waals surface area contributed by atoms with E-state index in [9.17, 15) is 13.2 Å². The molecule has 10 heteroatoms. The number of nitrogens with one attached hydrogen (secondary N) is 1. The summed E-state index contributed by atoms with van der Waals surface area (Å²) in [4.78, 5) is 13.0. The summed E-state index contributed by atoms with van der Waals surface area (Å²) in [5, 5.41) is 8.72. The number of nitrogens with zero attached hydrogens (tertiary/aromatic N) is 3. The molecule has 1 aliphatic heterocycles. The fraction of sp³-hybridized carbons (Fsp3) is 0.440. The molecule has 35 heavy (non-hydrogen) atoms. The first-order valence-corrected chi connectivity index (χ1v) is 14.0. The Kier molecular flexibility index (Phi) is 6.27. The molecule has 0 bridgehead atoms. The number of ether oxygens (including phenoxy) is 1. The van der Waals surface area contributed by atoms with E-state index in [0.717, 1.165) is 24.8 Å². The van der Waals surface area contributed by atoms with Crippen molar-refractivity contribution in [3.8, 4) is 5.69 Å². The van der Waals surface area contributed by atoms with Crippen molar-refractivity contribution in [1.82, 2.24) is 15.1 Å². The summed E-state index contributed by atoms with van der Waals surface area (Å²) in [7, 11) is -1.95. The molecule has 2 atom stereocenters. The van der Waals surface area contributed by atoms with Gasteiger partial charge in [0.15, 0.2) is 0 Å². The minimum absolute atomic E-state index is 0.145. The molecule has 1 N–H and O–H groups in total. The summed E-state index contributed by atoms with van der Waals surface area (Å²) >= 11 is 6.06. The monoisotopic (exact) mass is 516 g/mol. The van der Waals surface area contributed by atoms with Gasteiger partial charge in [0.05, 0.1) is 35.9 Å². The minimum atomic E-state index is -3.53. The number of sulfonamides is 1. The molecule has 1 unspecified atom stereocenters. The highest BCUT2D eigenvalue weighted by Gasteiger charge is 2.34. The second-order valence-corrected chi connectivity index (χ2v) is 11.8. The number of hydrogen-bond donors (Lipinski definition) is 1. The lowest BCUT2D eigenvalue weighted by Gasteiger charge is -2.36. The fourth-order valence-electron chi connectivity index (χ4n) is 4.67. The fourth-order valence-corrected chi connectivity index (χ4v) is 5.75. The Morgan fingerprint density at radius 1 is 1.26 bits per heavy atom. The van der Waals surface area contributed by atoms with Gasteiger partial charge < -0.3 is 10.1 Å². The normalized spacial score (nSPS) is 20.0. The van der Waals surface area contributed by atoms with Crippen molar-refractivity contribution < 1.29 is 17.9 Å². The van der Waals surface area contributed by atoms with Crippen LogP contribution in [0, 0.1) is 5.92 Å². The van der Waals surface area contributed by atoms with Gasteiger partial charge in [-0.3, -0.25) is 9.10 Å². The van der Waals surface area contributed by atoms with E-state index in [2.05, 4.69) is 5.32 Å². The Bertz CT molecular complexity index is 1380. The molecule has 1 saturated heterocycles. The Morgan fingerprint density at radius 2 is 1.97 bits per heavy atom. The van der Waals surface area contributed by atoms with E-state index < -0.39 is 10.0 Å². The number of anilines is 1. The number of carbonyl (C=O) groups is 1. The predicted octanol–water partition coefficient (Wildman–Crippen LogP) is 4.11. The molecule has 5 rings (SSSR count). The molecule has 2 aromatic carbocycles. The topological polar surface area (TPSA) is 93.5 Å². The van der Waals surface area contributed by atoms with E-state index >= 15 is 0 Å². The van der Waals surface area contributed by atoms with Gasteiger partial charge in [-0.05, 0) is 74.1 Å². The average molecular weight is 517 g/mol. The Labute approximate surface area is 210 Å². The molecule has 3 aromatic rings. The first-order chi connectivity index (χ1) is 16.7. The van der Waals surface area contributed by atoms with Gasteiger partial charge in [0.2, 0.25) is 10.0 Å². The highest BCUT2D eigenvalue weighted by molar-refractivity contribution is 7.92. The molecule has 2 heterocycles. The summed E-state index contributed by atoms with van der Waals surface area (Å²) in [6.45, 7) is 3.06. The van der Waals surface area contributed by atoms with Crippen molar-refractivity contribution in [2.45, 2.75) is 38.2 Å². The van der Waals surface area contributed by atoms with E-state index in [4.69, 9.17) is 21.4 Å². The number of aromatic nitrogens is 2. The van der Waals surface area contributed by atoms with Gasteiger partial charge in [0.1, 0.15) is 5.69 Å². The molecule has 1 amide bonds. The van der Waals surface area contributed by atoms with Gasteiger partial charge >= 0.3 is 0 Å². The molecule has 1 aliphatic carbocycles. The lowest BCUT2D eigenvalue weighted by molar-refractivity contribution is -0.104. The number of hydrogen-bond acceptors (Lipinski definition) is 5. The minimum Gasteiger partial charge on any atom is -0.378 e. The zero-order valence-corrected chi connectivity index (χ0v) is 21.6. The molecule has 2 fully saturated rings. The zero-order chi connectivity index (χ0) is 24.9. The first-order valence-electron chi connectivity index (χ1n) is 11.8. The SMILES string of the molecule is CNC(=O)c1c2cc(C3CC3)c(N(CCC3CO[C@H]3C)S(C)(=O)=O)cc2nn1-c1ccc(Cl)cc1. The Balaban J connectivity index is 1.66. The van der Waals surface area contributed by atoms with Crippen molar-refractivity contribution in [2.75, 3.05) is 30.8 Å². The summed E-state index contributed by atoms with van der Waals surface area (Å²) in [5.74, 6) is 0.341. The number of rotatable bonds is 8. The molecule has 2 aliphatic rings. The molecule has 186 valence electrons. The number of benzene rings is 2. The van der Waals surface area contributed by atoms with Crippen molar-refractivity contribution in [1.29, 1.82) is 0 Å². The van der Waals surface area contributed by atoms with Crippen LogP contribution in [0.5, 0.6) is 0 Å². The first kappa shape index (κ1) is 24.1. The molecule has 0 spiro atoms. The molecule has 1 aromatic heterocycles. The lowest BCUT2D eigenvalue weighted by atomic mass is 9.95. The highest BCUT2D eigenvalue weighted by Crippen LogP contribution is 2.47. The van der Waals surface area contributed by atoms with Crippen LogP contribution in [0.1, 0.15) is 48.2 Å². The third kappa shape index (κ3) is 4.64. The van der Waals surface area contributed by atoms with Crippen LogP contribution >= 0.6 is 11.6 Å². The lowest BCUT2D eigenvalue weighted by Crippen LogP contribution is -2.41. The largest absolute Gasteiger partial charge is 0.378 e. The maximum absolute atomic E-state index is 13.0. The number of amides is 1. The maximum atomic E-state index is 13.0. The van der Waals surface area contributed by atoms with E-state index in [1.54, 1.807) is 36.0 Å². The second-order valence-electron chi connectivity index (χ2n) is 9.44. The molecular formula is C25H29ClN4O4S. The zero-order valence-electron chi connectivity index (χ0n) is 20.0. The summed E-state index contributed by atoms with van der Waals surface area (Å²) in [6.07, 6.45) is 4.09. The van der Waals surface area contributed by atoms with Crippen LogP contribution < -0.4 is 9.62 Å². The molecule has 0 radical (unpaired) electrons. The van der Waals surface area contributed by atoms with Crippen LogP contribution in [0.25, 0.3) is 16.6 Å². The van der Waals surface area contributed by atoms with Crippen LogP contribution in [0.15, 0.2) is 36.4 Å². The second kappa shape index (κ2) is 9.11. The van der Waals surface area contributed by atoms with Gasteiger partial charge in [0, 0.05) is 29.9 Å². The van der Waals surface area contributed by atoms with Gasteiger partial charge in [0.25, 0.3) is 5.91 Å². The molecular weight excluding hydrogens is 488 g/mol. The third-order valence-electron chi connectivity index (χ3n) is 6.96. The van der Waals surface area contributed by atoms with E-state index in [1.165, 1.54) is 10.6 Å². The summed E-state index contributed by atoms with van der Waals surface area (Å²) in [5.41, 5.74) is 3.26. The smallest absolute Gasteiger partial charge is 0.270 e. The molecule has 8 nitrogen and oxygen atoms in total. The van der Waals surface area contributed by atoms with Gasteiger partial charge in [-0.25, -0.2) is 13.1 Å². The van der Waals surface area contributed by atoms with Gasteiger partial charge in [-0.15, -0.1) is 0 Å². The van der Waals surface area contributed by atoms with Crippen molar-refractivity contribution >= 4 is 44.1 Å². The van der Waals surface area contributed by atoms with Gasteiger partial charge in [-0.1, -0.05) is 11.6 Å². The number of carbonyl (C=O) groups excluding carboxylic acids is 1. The van der Waals surface area contributed by atoms with Crippen LogP contribution in [-0.2, 0) is 14.8 Å². The van der Waals surface area contributed by atoms with Crippen LogP contribution in [0.3, 0.4) is 0 Å². The van der Waals surface area contributed by atoms with E-state index in [0.29, 0.717) is 52.1 Å². The van der Waals surface area contributed by atoms with Crippen LogP contribution in [0.4, 0.5) is 5.69 Å². The van der Waals surface area contributed by atoms with E-state index in [-0.39, 0.29) is 17.9 Å². The quantitative estimate of drug-likeness (QED) is 0.486. The predicted molar refractivity (Wildman–Crippen MR) is 137 cm³/mol. The highest BCUT2D eigenvalue weighted by atomic mass is 35.5. The van der Waals surface area contributed by atoms with Gasteiger partial charge in [-0.2, -0.15) is 5.10 Å². The Hall–Kier alpha value is -2.62. The van der Waals surface area contributed by atoms with Crippen molar-refractivity contribution in [3.63, 3.8) is 0 Å². The number of halogens is 1. The van der Waals surface area contributed by atoms with Crippen LogP contribution in [-0.4, -0.2) is 56.7 Å². The maximum Gasteiger partial charge on any atom is 0.270 e.